The maximum absolute atomic E-state index is 11.9. The average Bonchev–Trinajstić information content (AvgIpc) is 2.90. The molecule has 96 valence electrons. The molecule has 0 bridgehead atoms. The first kappa shape index (κ1) is 12.9. The SMILES string of the molecule is N#CCc1ccc(NC(=O)c2ccc(CN)o2)cc1. The number of nitrogens with two attached hydrogens (primary N) is 1. The molecule has 3 N–H and O–H groups in total. The van der Waals surface area contributed by atoms with Crippen molar-refractivity contribution in [3.8, 4) is 6.07 Å². The molecule has 1 aromatic carbocycles. The summed E-state index contributed by atoms with van der Waals surface area (Å²) in [5, 5.41) is 11.3. The Kier molecular flexibility index (Phi) is 3.96. The van der Waals surface area contributed by atoms with E-state index in [1.54, 1.807) is 36.4 Å². The van der Waals surface area contributed by atoms with E-state index >= 15 is 0 Å². The number of nitriles is 1. The number of nitrogens with one attached hydrogen (secondary N) is 1. The first-order valence-corrected chi connectivity index (χ1v) is 5.79. The zero-order chi connectivity index (χ0) is 13.7. The van der Waals surface area contributed by atoms with Crippen LogP contribution in [-0.2, 0) is 13.0 Å². The van der Waals surface area contributed by atoms with E-state index in [0.29, 0.717) is 17.9 Å². The predicted octanol–water partition coefficient (Wildman–Crippen LogP) is 2.06. The van der Waals surface area contributed by atoms with Crippen molar-refractivity contribution >= 4 is 11.6 Å². The minimum atomic E-state index is -0.326. The summed E-state index contributed by atoms with van der Waals surface area (Å²) in [5.74, 6) is 0.462. The maximum atomic E-state index is 11.9. The first-order chi connectivity index (χ1) is 9.22. The molecule has 0 atom stereocenters. The minimum Gasteiger partial charge on any atom is -0.455 e. The molecule has 1 aromatic heterocycles. The van der Waals surface area contributed by atoms with Crippen LogP contribution in [0.25, 0.3) is 0 Å². The first-order valence-electron chi connectivity index (χ1n) is 5.79. The molecule has 0 spiro atoms. The Morgan fingerprint density at radius 2 is 2.00 bits per heavy atom. The Morgan fingerprint density at radius 3 is 2.58 bits per heavy atom. The number of furan rings is 1. The number of anilines is 1. The van der Waals surface area contributed by atoms with Crippen molar-refractivity contribution in [1.29, 1.82) is 5.26 Å². The zero-order valence-electron chi connectivity index (χ0n) is 10.2. The summed E-state index contributed by atoms with van der Waals surface area (Å²) in [6.45, 7) is 0.260. The standard InChI is InChI=1S/C14H13N3O2/c15-8-7-10-1-3-11(4-2-10)17-14(18)13-6-5-12(9-16)19-13/h1-6H,7,9,16H2,(H,17,18). The maximum Gasteiger partial charge on any atom is 0.291 e. The fraction of sp³-hybridized carbons (Fsp3) is 0.143. The molecule has 0 saturated carbocycles. The number of hydrogen-bond donors (Lipinski definition) is 2. The second-order valence-corrected chi connectivity index (χ2v) is 3.96. The van der Waals surface area contributed by atoms with E-state index in [1.807, 2.05) is 0 Å². The van der Waals surface area contributed by atoms with E-state index in [1.165, 1.54) is 0 Å². The number of carbonyl (C=O) groups is 1. The quantitative estimate of drug-likeness (QED) is 0.874. The number of carbonyl (C=O) groups excluding carboxylic acids is 1. The van der Waals surface area contributed by atoms with E-state index in [4.69, 9.17) is 15.4 Å². The summed E-state index contributed by atoms with van der Waals surface area (Å²) in [7, 11) is 0. The van der Waals surface area contributed by atoms with Crippen molar-refractivity contribution in [3.63, 3.8) is 0 Å². The second-order valence-electron chi connectivity index (χ2n) is 3.96. The van der Waals surface area contributed by atoms with Crippen molar-refractivity contribution in [2.75, 3.05) is 5.32 Å². The summed E-state index contributed by atoms with van der Waals surface area (Å²) in [5.41, 5.74) is 6.97. The summed E-state index contributed by atoms with van der Waals surface area (Å²) in [6, 6.07) is 12.4. The van der Waals surface area contributed by atoms with Crippen LogP contribution >= 0.6 is 0 Å². The molecule has 0 aliphatic carbocycles. The fourth-order valence-corrected chi connectivity index (χ4v) is 1.60. The van der Waals surface area contributed by atoms with Gasteiger partial charge in [0.05, 0.1) is 19.0 Å². The van der Waals surface area contributed by atoms with E-state index in [-0.39, 0.29) is 18.2 Å². The molecule has 19 heavy (non-hydrogen) atoms. The third kappa shape index (κ3) is 3.21. The Labute approximate surface area is 110 Å². The van der Waals surface area contributed by atoms with Gasteiger partial charge in [-0.1, -0.05) is 12.1 Å². The van der Waals surface area contributed by atoms with Crippen molar-refractivity contribution in [3.05, 3.63) is 53.5 Å². The molecular formula is C14H13N3O2. The lowest BCUT2D eigenvalue weighted by Gasteiger charge is -2.03. The molecular weight excluding hydrogens is 242 g/mol. The average molecular weight is 255 g/mol. The van der Waals surface area contributed by atoms with Crippen LogP contribution in [0.1, 0.15) is 21.9 Å². The van der Waals surface area contributed by atoms with Gasteiger partial charge in [-0.05, 0) is 29.8 Å². The second kappa shape index (κ2) is 5.85. The third-order valence-electron chi connectivity index (χ3n) is 2.58. The lowest BCUT2D eigenvalue weighted by atomic mass is 10.1. The molecule has 2 aromatic rings. The van der Waals surface area contributed by atoms with Crippen LogP contribution in [-0.4, -0.2) is 5.91 Å². The van der Waals surface area contributed by atoms with Gasteiger partial charge >= 0.3 is 0 Å². The highest BCUT2D eigenvalue weighted by Crippen LogP contribution is 2.13. The molecule has 0 unspecified atom stereocenters. The monoisotopic (exact) mass is 255 g/mol. The summed E-state index contributed by atoms with van der Waals surface area (Å²) in [4.78, 5) is 11.9. The zero-order valence-corrected chi connectivity index (χ0v) is 10.2. The van der Waals surface area contributed by atoms with Gasteiger partial charge in [0.2, 0.25) is 0 Å². The Balaban J connectivity index is 2.04. The van der Waals surface area contributed by atoms with Gasteiger partial charge in [-0.2, -0.15) is 5.26 Å². The van der Waals surface area contributed by atoms with Gasteiger partial charge in [-0.25, -0.2) is 0 Å². The molecule has 1 amide bonds. The number of hydrogen-bond acceptors (Lipinski definition) is 4. The van der Waals surface area contributed by atoms with E-state index in [9.17, 15) is 4.79 Å². The van der Waals surface area contributed by atoms with Gasteiger partial charge in [0, 0.05) is 5.69 Å². The number of benzene rings is 1. The van der Waals surface area contributed by atoms with E-state index in [2.05, 4.69) is 11.4 Å². The summed E-state index contributed by atoms with van der Waals surface area (Å²) in [6.07, 6.45) is 0.353. The van der Waals surface area contributed by atoms with Crippen LogP contribution < -0.4 is 11.1 Å². The Morgan fingerprint density at radius 1 is 1.26 bits per heavy atom. The molecule has 5 heteroatoms. The van der Waals surface area contributed by atoms with Gasteiger partial charge in [-0.15, -0.1) is 0 Å². The minimum absolute atomic E-state index is 0.224. The van der Waals surface area contributed by atoms with Gasteiger partial charge in [0.25, 0.3) is 5.91 Å². The molecule has 0 saturated heterocycles. The van der Waals surface area contributed by atoms with Gasteiger partial charge in [-0.3, -0.25) is 4.79 Å². The molecule has 0 aliphatic heterocycles. The summed E-state index contributed by atoms with van der Waals surface area (Å²) < 4.78 is 5.25. The van der Waals surface area contributed by atoms with E-state index in [0.717, 1.165) is 5.56 Å². The molecule has 5 nitrogen and oxygen atoms in total. The van der Waals surface area contributed by atoms with Crippen LogP contribution in [0.3, 0.4) is 0 Å². The predicted molar refractivity (Wildman–Crippen MR) is 70.3 cm³/mol. The number of rotatable bonds is 4. The topological polar surface area (TPSA) is 92.0 Å². The third-order valence-corrected chi connectivity index (χ3v) is 2.58. The largest absolute Gasteiger partial charge is 0.455 e. The molecule has 0 aliphatic rings. The Hall–Kier alpha value is -2.58. The molecule has 0 radical (unpaired) electrons. The van der Waals surface area contributed by atoms with Crippen molar-refractivity contribution < 1.29 is 9.21 Å². The molecule has 1 heterocycles. The van der Waals surface area contributed by atoms with Crippen LogP contribution in [0, 0.1) is 11.3 Å². The van der Waals surface area contributed by atoms with Gasteiger partial charge < -0.3 is 15.5 Å². The number of amides is 1. The van der Waals surface area contributed by atoms with Crippen LogP contribution in [0.2, 0.25) is 0 Å². The highest BCUT2D eigenvalue weighted by atomic mass is 16.4. The number of nitrogens with zero attached hydrogens (tertiary/aromatic N) is 1. The highest BCUT2D eigenvalue weighted by Gasteiger charge is 2.10. The smallest absolute Gasteiger partial charge is 0.291 e. The van der Waals surface area contributed by atoms with Crippen molar-refractivity contribution in [2.24, 2.45) is 5.73 Å². The van der Waals surface area contributed by atoms with Crippen molar-refractivity contribution in [2.45, 2.75) is 13.0 Å². The fourth-order valence-electron chi connectivity index (χ4n) is 1.60. The Bertz CT molecular complexity index is 608. The molecule has 2 rings (SSSR count). The normalized spacial score (nSPS) is 9.89. The lowest BCUT2D eigenvalue weighted by Crippen LogP contribution is -2.10. The van der Waals surface area contributed by atoms with Crippen LogP contribution in [0.4, 0.5) is 5.69 Å². The van der Waals surface area contributed by atoms with Gasteiger partial charge in [0.15, 0.2) is 5.76 Å². The van der Waals surface area contributed by atoms with E-state index < -0.39 is 0 Å². The summed E-state index contributed by atoms with van der Waals surface area (Å²) >= 11 is 0. The lowest BCUT2D eigenvalue weighted by molar-refractivity contribution is 0.0995. The van der Waals surface area contributed by atoms with Crippen molar-refractivity contribution in [1.82, 2.24) is 0 Å². The molecule has 0 fully saturated rings. The van der Waals surface area contributed by atoms with Gasteiger partial charge in [0.1, 0.15) is 5.76 Å². The highest BCUT2D eigenvalue weighted by molar-refractivity contribution is 6.02. The van der Waals surface area contributed by atoms with Crippen LogP contribution in [0.5, 0.6) is 0 Å². The van der Waals surface area contributed by atoms with Crippen LogP contribution in [0.15, 0.2) is 40.8 Å².